The topological polar surface area (TPSA) is 3.24 Å². The molecule has 0 fully saturated rings. The van der Waals surface area contributed by atoms with Crippen molar-refractivity contribution in [3.63, 3.8) is 0 Å². The number of thioether (sulfide) groups is 1. The molecule has 0 saturated heterocycles. The summed E-state index contributed by atoms with van der Waals surface area (Å²) in [5, 5.41) is 4.32. The zero-order chi connectivity index (χ0) is 20.2. The minimum atomic E-state index is 0.0750. The first kappa shape index (κ1) is 22.6. The highest BCUT2D eigenvalue weighted by Gasteiger charge is 2.02. The summed E-state index contributed by atoms with van der Waals surface area (Å²) in [4.78, 5) is 2.33. The van der Waals surface area contributed by atoms with Gasteiger partial charge in [0.05, 0.1) is 0 Å². The molecule has 0 spiro atoms. The number of benzene rings is 1. The van der Waals surface area contributed by atoms with Crippen molar-refractivity contribution in [2.45, 2.75) is 20.8 Å². The molecule has 1 aromatic heterocycles. The fraction of sp³-hybridized carbons (Fsp3) is 0.360. The van der Waals surface area contributed by atoms with Crippen molar-refractivity contribution >= 4 is 29.2 Å². The van der Waals surface area contributed by atoms with E-state index in [1.54, 1.807) is 11.3 Å². The van der Waals surface area contributed by atoms with Crippen molar-refractivity contribution in [3.8, 4) is 23.0 Å². The Hall–Kier alpha value is -1.73. The van der Waals surface area contributed by atoms with Gasteiger partial charge >= 0.3 is 0 Å². The van der Waals surface area contributed by atoms with E-state index < -0.39 is 0 Å². The van der Waals surface area contributed by atoms with E-state index in [0.717, 1.165) is 24.6 Å². The predicted octanol–water partition coefficient (Wildman–Crippen LogP) is 6.70. The molecule has 2 rings (SSSR count). The van der Waals surface area contributed by atoms with E-state index in [0.29, 0.717) is 0 Å². The van der Waals surface area contributed by atoms with Crippen molar-refractivity contribution in [1.82, 2.24) is 4.90 Å². The molecule has 0 aliphatic carbocycles. The molecular formula is C25H31NS2. The second kappa shape index (κ2) is 12.0. The minimum absolute atomic E-state index is 0.0750. The third-order valence-corrected chi connectivity index (χ3v) is 5.53. The molecule has 0 N–H and O–H groups in total. The molecule has 1 heterocycles. The number of hydrogen-bond acceptors (Lipinski definition) is 3. The second-order valence-electron chi connectivity index (χ2n) is 7.80. The quantitative estimate of drug-likeness (QED) is 0.335. The summed E-state index contributed by atoms with van der Waals surface area (Å²) in [7, 11) is 2.16. The van der Waals surface area contributed by atoms with Gasteiger partial charge in [0.25, 0.3) is 0 Å². The number of rotatable bonds is 9. The van der Waals surface area contributed by atoms with Gasteiger partial charge < -0.3 is 4.90 Å². The van der Waals surface area contributed by atoms with Crippen LogP contribution < -0.4 is 0 Å². The van der Waals surface area contributed by atoms with Gasteiger partial charge in [0.15, 0.2) is 0 Å². The van der Waals surface area contributed by atoms with Crippen molar-refractivity contribution in [2.75, 3.05) is 31.6 Å². The highest BCUT2D eigenvalue weighted by Crippen LogP contribution is 2.23. The molecule has 0 unspecified atom stereocenters. The lowest BCUT2D eigenvalue weighted by atomic mass is 9.98. The van der Waals surface area contributed by atoms with Gasteiger partial charge in [-0.25, -0.2) is 0 Å². The van der Waals surface area contributed by atoms with Gasteiger partial charge in [-0.2, -0.15) is 23.1 Å². The predicted molar refractivity (Wildman–Crippen MR) is 130 cm³/mol. The van der Waals surface area contributed by atoms with Gasteiger partial charge in [-0.15, -0.1) is 0 Å². The lowest BCUT2D eigenvalue weighted by Gasteiger charge is -2.13. The molecule has 28 heavy (non-hydrogen) atoms. The molecule has 0 bridgehead atoms. The molecule has 1 nitrogen and oxygen atoms in total. The molecule has 148 valence electrons. The number of likely N-dealkylation sites (N-methyl/N-ethyl adjacent to an activating group) is 1. The van der Waals surface area contributed by atoms with Gasteiger partial charge in [0.1, 0.15) is 0 Å². The molecule has 2 aromatic rings. The van der Waals surface area contributed by atoms with E-state index in [9.17, 15) is 0 Å². The van der Waals surface area contributed by atoms with Gasteiger partial charge in [0.2, 0.25) is 0 Å². The SMILES string of the molecule is CN(C/C=C/C#CC(C)(C)C)CCSC/C=C/c1cccc(-c2ccsc2)c1. The largest absolute Gasteiger partial charge is 0.302 e. The van der Waals surface area contributed by atoms with Crippen molar-refractivity contribution < 1.29 is 0 Å². The molecule has 0 saturated carbocycles. The Balaban J connectivity index is 1.64. The molecule has 3 heteroatoms. The number of allylic oxidation sites excluding steroid dienone is 1. The van der Waals surface area contributed by atoms with Crippen LogP contribution in [0.4, 0.5) is 0 Å². The second-order valence-corrected chi connectivity index (χ2v) is 9.73. The van der Waals surface area contributed by atoms with E-state index in [1.807, 2.05) is 17.8 Å². The Bertz CT molecular complexity index is 814. The van der Waals surface area contributed by atoms with Crippen LogP contribution in [0.2, 0.25) is 0 Å². The maximum atomic E-state index is 3.22. The average molecular weight is 410 g/mol. The monoisotopic (exact) mass is 409 g/mol. The smallest absolute Gasteiger partial charge is 0.0233 e. The summed E-state index contributed by atoms with van der Waals surface area (Å²) in [6, 6.07) is 10.9. The van der Waals surface area contributed by atoms with Crippen LogP contribution in [0.15, 0.2) is 59.3 Å². The molecule has 1 aromatic carbocycles. The highest BCUT2D eigenvalue weighted by molar-refractivity contribution is 7.99. The first-order valence-corrected chi connectivity index (χ1v) is 11.8. The van der Waals surface area contributed by atoms with Crippen LogP contribution in [-0.2, 0) is 0 Å². The number of thiophene rings is 1. The fourth-order valence-corrected chi connectivity index (χ4v) is 3.95. The van der Waals surface area contributed by atoms with E-state index in [-0.39, 0.29) is 5.41 Å². The maximum Gasteiger partial charge on any atom is 0.0233 e. The lowest BCUT2D eigenvalue weighted by Crippen LogP contribution is -2.21. The molecule has 0 atom stereocenters. The van der Waals surface area contributed by atoms with Crippen LogP contribution in [0.1, 0.15) is 26.3 Å². The maximum absolute atomic E-state index is 3.22. The first-order valence-electron chi connectivity index (χ1n) is 9.67. The number of nitrogens with zero attached hydrogens (tertiary/aromatic N) is 1. The first-order chi connectivity index (χ1) is 13.4. The summed E-state index contributed by atoms with van der Waals surface area (Å²) in [6.45, 7) is 8.43. The van der Waals surface area contributed by atoms with Crippen LogP contribution in [-0.4, -0.2) is 36.5 Å². The van der Waals surface area contributed by atoms with Crippen molar-refractivity contribution in [3.05, 3.63) is 64.9 Å². The summed E-state index contributed by atoms with van der Waals surface area (Å²) in [5.74, 6) is 8.52. The highest BCUT2D eigenvalue weighted by atomic mass is 32.2. The van der Waals surface area contributed by atoms with Gasteiger partial charge in [0, 0.05) is 30.0 Å². The zero-order valence-corrected chi connectivity index (χ0v) is 19.1. The molecule has 0 aliphatic heterocycles. The summed E-state index contributed by atoms with van der Waals surface area (Å²) >= 11 is 3.71. The summed E-state index contributed by atoms with van der Waals surface area (Å²) in [5.41, 5.74) is 3.93. The summed E-state index contributed by atoms with van der Waals surface area (Å²) in [6.07, 6.45) is 8.61. The van der Waals surface area contributed by atoms with E-state index >= 15 is 0 Å². The van der Waals surface area contributed by atoms with E-state index in [2.05, 4.69) is 104 Å². The van der Waals surface area contributed by atoms with Crippen LogP contribution in [0.5, 0.6) is 0 Å². The van der Waals surface area contributed by atoms with Gasteiger partial charge in [-0.05, 0) is 73.5 Å². The third-order valence-electron chi connectivity index (χ3n) is 3.95. The van der Waals surface area contributed by atoms with Gasteiger partial charge in [-0.1, -0.05) is 48.3 Å². The zero-order valence-electron chi connectivity index (χ0n) is 17.4. The molecule has 0 aliphatic rings. The summed E-state index contributed by atoms with van der Waals surface area (Å²) < 4.78 is 0. The third kappa shape index (κ3) is 9.46. The van der Waals surface area contributed by atoms with Crippen molar-refractivity contribution in [2.24, 2.45) is 5.41 Å². The average Bonchev–Trinajstić information content (AvgIpc) is 3.18. The Morgan fingerprint density at radius 3 is 2.75 bits per heavy atom. The van der Waals surface area contributed by atoms with Crippen LogP contribution in [0.25, 0.3) is 17.2 Å². The Kier molecular flexibility index (Phi) is 9.64. The van der Waals surface area contributed by atoms with E-state index in [4.69, 9.17) is 0 Å². The molecule has 0 amide bonds. The Labute approximate surface area is 179 Å². The van der Waals surface area contributed by atoms with E-state index in [1.165, 1.54) is 16.7 Å². The van der Waals surface area contributed by atoms with Crippen LogP contribution in [0.3, 0.4) is 0 Å². The molecular weight excluding hydrogens is 378 g/mol. The normalized spacial score (nSPS) is 12.0. The lowest BCUT2D eigenvalue weighted by molar-refractivity contribution is 0.396. The molecule has 0 radical (unpaired) electrons. The fourth-order valence-electron chi connectivity index (χ4n) is 2.45. The van der Waals surface area contributed by atoms with Gasteiger partial charge in [-0.3, -0.25) is 0 Å². The standard InChI is InChI=1S/C25H31NS2/c1-25(2,3)14-6-5-7-15-26(4)16-19-27-17-9-11-22-10-8-12-23(20-22)24-13-18-28-21-24/h5,7-13,18,20-21H,15-17,19H2,1-4H3/b7-5+,11-9+. The van der Waals surface area contributed by atoms with Crippen LogP contribution >= 0.6 is 23.1 Å². The van der Waals surface area contributed by atoms with Crippen molar-refractivity contribution in [1.29, 1.82) is 0 Å². The number of hydrogen-bond donors (Lipinski definition) is 0. The Morgan fingerprint density at radius 2 is 2.00 bits per heavy atom. The van der Waals surface area contributed by atoms with Crippen LogP contribution in [0, 0.1) is 17.3 Å². The Morgan fingerprint density at radius 1 is 1.14 bits per heavy atom. The minimum Gasteiger partial charge on any atom is -0.302 e.